The Labute approximate surface area is 114 Å². The summed E-state index contributed by atoms with van der Waals surface area (Å²) in [5.74, 6) is -3.33. The van der Waals surface area contributed by atoms with Crippen molar-refractivity contribution in [3.8, 4) is 0 Å². The van der Waals surface area contributed by atoms with Crippen LogP contribution < -0.4 is 0 Å². The quantitative estimate of drug-likeness (QED) is 0.843. The summed E-state index contributed by atoms with van der Waals surface area (Å²) in [7, 11) is 1.44. The van der Waals surface area contributed by atoms with Crippen LogP contribution in [0.2, 0.25) is 0 Å². The molecule has 2 aromatic rings. The maximum Gasteiger partial charge on any atom is 0.256 e. The molecule has 0 fully saturated rings. The van der Waals surface area contributed by atoms with Gasteiger partial charge in [-0.2, -0.15) is 0 Å². The van der Waals surface area contributed by atoms with E-state index in [2.05, 4.69) is 0 Å². The van der Waals surface area contributed by atoms with Crippen molar-refractivity contribution >= 4 is 5.91 Å². The summed E-state index contributed by atoms with van der Waals surface area (Å²) in [6.07, 6.45) is 0. The van der Waals surface area contributed by atoms with Gasteiger partial charge < -0.3 is 4.90 Å². The Morgan fingerprint density at radius 1 is 1.10 bits per heavy atom. The van der Waals surface area contributed by atoms with Crippen LogP contribution in [0.4, 0.5) is 13.2 Å². The fraction of sp³-hybridized carbons (Fsp3) is 0.133. The van der Waals surface area contributed by atoms with E-state index in [1.54, 1.807) is 6.07 Å². The highest BCUT2D eigenvalue weighted by Crippen LogP contribution is 2.15. The molecular formula is C15H12F3NO. The molecule has 0 spiro atoms. The third-order valence-electron chi connectivity index (χ3n) is 2.84. The molecule has 0 aliphatic carbocycles. The van der Waals surface area contributed by atoms with Gasteiger partial charge in [0.1, 0.15) is 5.82 Å². The largest absolute Gasteiger partial charge is 0.337 e. The number of halogens is 3. The molecule has 0 atom stereocenters. The molecule has 20 heavy (non-hydrogen) atoms. The van der Waals surface area contributed by atoms with E-state index in [0.717, 1.165) is 6.07 Å². The summed E-state index contributed by atoms with van der Waals surface area (Å²) < 4.78 is 39.7. The Morgan fingerprint density at radius 2 is 1.80 bits per heavy atom. The number of hydrogen-bond donors (Lipinski definition) is 0. The minimum atomic E-state index is -1.18. The fourth-order valence-corrected chi connectivity index (χ4v) is 1.86. The molecule has 2 rings (SSSR count). The molecular weight excluding hydrogens is 267 g/mol. The molecule has 0 saturated carbocycles. The average Bonchev–Trinajstić information content (AvgIpc) is 2.41. The standard InChI is InChI=1S/C15H12F3NO/c1-19(9-10-4-2-5-11(16)8-10)15(20)12-6-3-7-13(17)14(12)18/h2-8H,9H2,1H3. The normalized spacial score (nSPS) is 10.4. The monoisotopic (exact) mass is 279 g/mol. The zero-order valence-electron chi connectivity index (χ0n) is 10.7. The molecule has 2 aromatic carbocycles. The van der Waals surface area contributed by atoms with Gasteiger partial charge in [0, 0.05) is 13.6 Å². The summed E-state index contributed by atoms with van der Waals surface area (Å²) in [6, 6.07) is 9.16. The molecule has 2 nitrogen and oxygen atoms in total. The number of rotatable bonds is 3. The zero-order valence-corrected chi connectivity index (χ0v) is 10.7. The Bertz CT molecular complexity index is 643. The van der Waals surface area contributed by atoms with Gasteiger partial charge in [-0.25, -0.2) is 13.2 Å². The Morgan fingerprint density at radius 3 is 2.50 bits per heavy atom. The molecule has 0 heterocycles. The summed E-state index contributed by atoms with van der Waals surface area (Å²) in [4.78, 5) is 13.2. The van der Waals surface area contributed by atoms with Crippen molar-refractivity contribution in [2.24, 2.45) is 0 Å². The molecule has 5 heteroatoms. The van der Waals surface area contributed by atoms with E-state index in [1.807, 2.05) is 0 Å². The molecule has 0 aliphatic heterocycles. The zero-order chi connectivity index (χ0) is 14.7. The van der Waals surface area contributed by atoms with E-state index in [-0.39, 0.29) is 12.1 Å². The smallest absolute Gasteiger partial charge is 0.256 e. The first-order valence-electron chi connectivity index (χ1n) is 5.93. The first-order valence-corrected chi connectivity index (χ1v) is 5.93. The maximum atomic E-state index is 13.5. The molecule has 1 amide bonds. The third kappa shape index (κ3) is 2.99. The lowest BCUT2D eigenvalue weighted by atomic mass is 10.1. The van der Waals surface area contributed by atoms with Crippen molar-refractivity contribution in [2.45, 2.75) is 6.54 Å². The van der Waals surface area contributed by atoms with Crippen LogP contribution in [-0.2, 0) is 6.54 Å². The Kier molecular flexibility index (Phi) is 4.08. The fourth-order valence-electron chi connectivity index (χ4n) is 1.86. The summed E-state index contributed by atoms with van der Waals surface area (Å²) >= 11 is 0. The van der Waals surface area contributed by atoms with Gasteiger partial charge >= 0.3 is 0 Å². The van der Waals surface area contributed by atoms with Gasteiger partial charge in [-0.15, -0.1) is 0 Å². The van der Waals surface area contributed by atoms with Crippen LogP contribution in [0.25, 0.3) is 0 Å². The SMILES string of the molecule is CN(Cc1cccc(F)c1)C(=O)c1cccc(F)c1F. The van der Waals surface area contributed by atoms with Crippen molar-refractivity contribution in [3.05, 3.63) is 71.0 Å². The van der Waals surface area contributed by atoms with Crippen molar-refractivity contribution in [1.82, 2.24) is 4.90 Å². The predicted octanol–water partition coefficient (Wildman–Crippen LogP) is 3.38. The van der Waals surface area contributed by atoms with Crippen molar-refractivity contribution in [1.29, 1.82) is 0 Å². The van der Waals surface area contributed by atoms with Gasteiger partial charge in [-0.1, -0.05) is 18.2 Å². The third-order valence-corrected chi connectivity index (χ3v) is 2.84. The van der Waals surface area contributed by atoms with Crippen LogP contribution in [0, 0.1) is 17.5 Å². The number of carbonyl (C=O) groups excluding carboxylic acids is 1. The predicted molar refractivity (Wildman–Crippen MR) is 68.6 cm³/mol. The lowest BCUT2D eigenvalue weighted by Gasteiger charge is -2.17. The highest BCUT2D eigenvalue weighted by Gasteiger charge is 2.18. The van der Waals surface area contributed by atoms with Gasteiger partial charge in [0.05, 0.1) is 5.56 Å². The number of hydrogen-bond acceptors (Lipinski definition) is 1. The van der Waals surface area contributed by atoms with Crippen LogP contribution >= 0.6 is 0 Å². The summed E-state index contributed by atoms with van der Waals surface area (Å²) in [6.45, 7) is 0.104. The van der Waals surface area contributed by atoms with E-state index >= 15 is 0 Å². The van der Waals surface area contributed by atoms with Gasteiger partial charge in [-0.3, -0.25) is 4.79 Å². The van der Waals surface area contributed by atoms with E-state index in [0.29, 0.717) is 5.56 Å². The molecule has 0 saturated heterocycles. The number of nitrogens with zero attached hydrogens (tertiary/aromatic N) is 1. The second kappa shape index (κ2) is 5.77. The molecule has 0 aliphatic rings. The molecule has 0 bridgehead atoms. The molecule has 0 unspecified atom stereocenters. The molecule has 104 valence electrons. The summed E-state index contributed by atoms with van der Waals surface area (Å²) in [5, 5.41) is 0. The number of benzene rings is 2. The minimum absolute atomic E-state index is 0.104. The number of carbonyl (C=O) groups is 1. The average molecular weight is 279 g/mol. The van der Waals surface area contributed by atoms with Crippen LogP contribution in [0.1, 0.15) is 15.9 Å². The Balaban J connectivity index is 2.19. The lowest BCUT2D eigenvalue weighted by Crippen LogP contribution is -2.27. The van der Waals surface area contributed by atoms with Crippen LogP contribution in [-0.4, -0.2) is 17.9 Å². The summed E-state index contributed by atoms with van der Waals surface area (Å²) in [5.41, 5.74) is 0.224. The van der Waals surface area contributed by atoms with Crippen LogP contribution in [0.3, 0.4) is 0 Å². The van der Waals surface area contributed by atoms with Crippen molar-refractivity contribution in [2.75, 3.05) is 7.05 Å². The van der Waals surface area contributed by atoms with Crippen molar-refractivity contribution in [3.63, 3.8) is 0 Å². The lowest BCUT2D eigenvalue weighted by molar-refractivity contribution is 0.0779. The molecule has 0 N–H and O–H groups in total. The van der Waals surface area contributed by atoms with E-state index in [1.165, 1.54) is 42.3 Å². The van der Waals surface area contributed by atoms with Gasteiger partial charge in [0.15, 0.2) is 11.6 Å². The highest BCUT2D eigenvalue weighted by molar-refractivity contribution is 5.94. The topological polar surface area (TPSA) is 20.3 Å². The van der Waals surface area contributed by atoms with Crippen LogP contribution in [0.5, 0.6) is 0 Å². The first-order chi connectivity index (χ1) is 9.49. The molecule has 0 radical (unpaired) electrons. The maximum absolute atomic E-state index is 13.5. The van der Waals surface area contributed by atoms with Crippen molar-refractivity contribution < 1.29 is 18.0 Å². The van der Waals surface area contributed by atoms with Crippen LogP contribution in [0.15, 0.2) is 42.5 Å². The Hall–Kier alpha value is -2.30. The van der Waals surface area contributed by atoms with Gasteiger partial charge in [-0.05, 0) is 29.8 Å². The second-order valence-electron chi connectivity index (χ2n) is 4.39. The van der Waals surface area contributed by atoms with E-state index < -0.39 is 23.4 Å². The van der Waals surface area contributed by atoms with Gasteiger partial charge in [0.2, 0.25) is 0 Å². The molecule has 0 aromatic heterocycles. The number of amides is 1. The first kappa shape index (κ1) is 14.1. The van der Waals surface area contributed by atoms with Gasteiger partial charge in [0.25, 0.3) is 5.91 Å². The highest BCUT2D eigenvalue weighted by atomic mass is 19.2. The van der Waals surface area contributed by atoms with E-state index in [9.17, 15) is 18.0 Å². The minimum Gasteiger partial charge on any atom is -0.337 e. The van der Waals surface area contributed by atoms with E-state index in [4.69, 9.17) is 0 Å². The second-order valence-corrected chi connectivity index (χ2v) is 4.39.